The van der Waals surface area contributed by atoms with Gasteiger partial charge in [-0.05, 0) is 35.2 Å². The number of thiophene rings is 1. The molecule has 2 aliphatic rings. The number of nitrogens with one attached hydrogen (secondary N) is 2. The van der Waals surface area contributed by atoms with Gasteiger partial charge in [0.25, 0.3) is 5.91 Å². The number of hydrogen-bond donors (Lipinski definition) is 2. The summed E-state index contributed by atoms with van der Waals surface area (Å²) in [6, 6.07) is 11.8. The molecule has 0 unspecified atom stereocenters. The molecule has 2 fully saturated rings. The molecule has 0 radical (unpaired) electrons. The number of benzene rings is 1. The van der Waals surface area contributed by atoms with Gasteiger partial charge in [-0.3, -0.25) is 14.6 Å². The largest absolute Gasteiger partial charge is 0.360 e. The van der Waals surface area contributed by atoms with Crippen molar-refractivity contribution in [3.63, 3.8) is 0 Å². The third-order valence-electron chi connectivity index (χ3n) is 5.59. The molecule has 4 rings (SSSR count). The predicted molar refractivity (Wildman–Crippen MR) is 124 cm³/mol. The number of guanidine groups is 1. The van der Waals surface area contributed by atoms with Crippen LogP contribution in [0.25, 0.3) is 0 Å². The number of carbonyl (C=O) groups excluding carboxylic acids is 2. The Bertz CT molecular complexity index is 920. The molecule has 2 aliphatic heterocycles. The monoisotopic (exact) mass is 440 g/mol. The van der Waals surface area contributed by atoms with Gasteiger partial charge in [0.05, 0.1) is 11.5 Å². The Morgan fingerprint density at radius 1 is 1.10 bits per heavy atom. The van der Waals surface area contributed by atoms with Crippen LogP contribution in [0.3, 0.4) is 0 Å². The number of carbonyl (C=O) groups is 2. The third kappa shape index (κ3) is 5.16. The van der Waals surface area contributed by atoms with Crippen LogP contribution in [0, 0.1) is 0 Å². The van der Waals surface area contributed by atoms with Gasteiger partial charge in [-0.2, -0.15) is 0 Å². The van der Waals surface area contributed by atoms with Gasteiger partial charge >= 0.3 is 0 Å². The van der Waals surface area contributed by atoms with Crippen molar-refractivity contribution in [2.45, 2.75) is 6.54 Å². The van der Waals surface area contributed by atoms with Gasteiger partial charge in [-0.15, -0.1) is 11.3 Å². The van der Waals surface area contributed by atoms with Crippen LogP contribution >= 0.6 is 11.3 Å². The minimum atomic E-state index is -0.108. The molecule has 9 heteroatoms. The fraction of sp³-hybridized carbons (Fsp3) is 0.409. The Balaban J connectivity index is 1.28. The molecular weight excluding hydrogens is 412 g/mol. The van der Waals surface area contributed by atoms with E-state index in [0.717, 1.165) is 37.7 Å². The molecule has 164 valence electrons. The minimum absolute atomic E-state index is 0.103. The Morgan fingerprint density at radius 2 is 1.87 bits per heavy atom. The Kier molecular flexibility index (Phi) is 6.71. The summed E-state index contributed by atoms with van der Waals surface area (Å²) in [4.78, 5) is 34.8. The number of nitrogens with zero attached hydrogens (tertiary/aromatic N) is 4. The van der Waals surface area contributed by atoms with E-state index in [1.54, 1.807) is 16.2 Å². The first-order chi connectivity index (χ1) is 15.1. The maximum absolute atomic E-state index is 12.6. The molecule has 31 heavy (non-hydrogen) atoms. The van der Waals surface area contributed by atoms with Crippen LogP contribution in [0.15, 0.2) is 46.8 Å². The van der Waals surface area contributed by atoms with Crippen LogP contribution in [-0.2, 0) is 11.3 Å². The first kappa shape index (κ1) is 21.2. The summed E-state index contributed by atoms with van der Waals surface area (Å²) in [7, 11) is 1.81. The predicted octanol–water partition coefficient (Wildman–Crippen LogP) is 1.22. The normalized spacial score (nSPS) is 17.5. The van der Waals surface area contributed by atoms with Crippen molar-refractivity contribution in [3.8, 4) is 0 Å². The van der Waals surface area contributed by atoms with Gasteiger partial charge < -0.3 is 25.3 Å². The summed E-state index contributed by atoms with van der Waals surface area (Å²) in [6.07, 6.45) is 0. The van der Waals surface area contributed by atoms with Crippen molar-refractivity contribution in [1.82, 2.24) is 20.4 Å². The molecular formula is C22H28N6O2S. The molecule has 2 saturated heterocycles. The number of aliphatic imine (C=N–C) groups is 1. The van der Waals surface area contributed by atoms with Crippen molar-refractivity contribution >= 4 is 34.1 Å². The molecule has 1 aromatic heterocycles. The molecule has 0 saturated carbocycles. The molecule has 0 spiro atoms. The van der Waals surface area contributed by atoms with E-state index in [2.05, 4.69) is 42.9 Å². The molecule has 3 heterocycles. The van der Waals surface area contributed by atoms with Crippen molar-refractivity contribution in [3.05, 3.63) is 52.9 Å². The topological polar surface area (TPSA) is 80.3 Å². The molecule has 8 nitrogen and oxygen atoms in total. The Labute approximate surface area is 186 Å². The van der Waals surface area contributed by atoms with Crippen LogP contribution < -0.4 is 15.5 Å². The van der Waals surface area contributed by atoms with Crippen molar-refractivity contribution in [1.29, 1.82) is 0 Å². The minimum Gasteiger partial charge on any atom is -0.360 e. The van der Waals surface area contributed by atoms with E-state index in [9.17, 15) is 9.59 Å². The van der Waals surface area contributed by atoms with E-state index in [0.29, 0.717) is 25.2 Å². The molecule has 2 amide bonds. The summed E-state index contributed by atoms with van der Waals surface area (Å²) in [5.41, 5.74) is 1.68. The first-order valence-electron chi connectivity index (χ1n) is 10.5. The van der Waals surface area contributed by atoms with Gasteiger partial charge in [0, 0.05) is 58.4 Å². The Morgan fingerprint density at radius 3 is 2.52 bits per heavy atom. The number of hydrogen-bond acceptors (Lipinski definition) is 5. The van der Waals surface area contributed by atoms with Crippen LogP contribution in [0.1, 0.15) is 15.9 Å². The number of rotatable bonds is 4. The highest BCUT2D eigenvalue weighted by molar-refractivity contribution is 7.14. The lowest BCUT2D eigenvalue weighted by Crippen LogP contribution is -2.52. The second kappa shape index (κ2) is 9.82. The average molecular weight is 441 g/mol. The molecule has 0 bridgehead atoms. The van der Waals surface area contributed by atoms with E-state index in [-0.39, 0.29) is 18.4 Å². The standard InChI is InChI=1S/C22H28N6O2S/c1-23-22(27-12-10-26(11-13-27)20-3-2-14-31-20)25-15-17-4-6-18(7-5-17)21(30)28-9-8-24-19(29)16-28/h2-7,14H,8-13,15-16H2,1H3,(H,23,25)(H,24,29). The van der Waals surface area contributed by atoms with Crippen LogP contribution in [-0.4, -0.2) is 80.4 Å². The van der Waals surface area contributed by atoms with Gasteiger partial charge in [-0.1, -0.05) is 12.1 Å². The van der Waals surface area contributed by atoms with Crippen molar-refractivity contribution in [2.75, 3.05) is 57.8 Å². The summed E-state index contributed by atoms with van der Waals surface area (Å²) in [6.45, 7) is 5.62. The SMILES string of the molecule is CN=C(NCc1ccc(C(=O)N2CCNC(=O)C2)cc1)N1CCN(c2cccs2)CC1. The molecule has 2 aromatic rings. The molecule has 1 aromatic carbocycles. The second-order valence-corrected chi connectivity index (χ2v) is 8.53. The highest BCUT2D eigenvalue weighted by Crippen LogP contribution is 2.22. The second-order valence-electron chi connectivity index (χ2n) is 7.60. The van der Waals surface area contributed by atoms with Crippen molar-refractivity contribution < 1.29 is 9.59 Å². The van der Waals surface area contributed by atoms with Gasteiger partial charge in [0.15, 0.2) is 5.96 Å². The average Bonchev–Trinajstić information content (AvgIpc) is 3.35. The quantitative estimate of drug-likeness (QED) is 0.552. The highest BCUT2D eigenvalue weighted by atomic mass is 32.1. The van der Waals surface area contributed by atoms with E-state index >= 15 is 0 Å². The molecule has 0 aliphatic carbocycles. The maximum atomic E-state index is 12.6. The molecule has 2 N–H and O–H groups in total. The lowest BCUT2D eigenvalue weighted by atomic mass is 10.1. The van der Waals surface area contributed by atoms with Crippen LogP contribution in [0.2, 0.25) is 0 Å². The van der Waals surface area contributed by atoms with E-state index < -0.39 is 0 Å². The summed E-state index contributed by atoms with van der Waals surface area (Å²) >= 11 is 1.78. The van der Waals surface area contributed by atoms with Gasteiger partial charge in [0.1, 0.15) is 0 Å². The number of anilines is 1. The highest BCUT2D eigenvalue weighted by Gasteiger charge is 2.22. The van der Waals surface area contributed by atoms with Crippen molar-refractivity contribution in [2.24, 2.45) is 4.99 Å². The lowest BCUT2D eigenvalue weighted by Gasteiger charge is -2.37. The zero-order valence-electron chi connectivity index (χ0n) is 17.7. The number of piperazine rings is 2. The fourth-order valence-electron chi connectivity index (χ4n) is 3.86. The summed E-state index contributed by atoms with van der Waals surface area (Å²) in [5.74, 6) is 0.683. The van der Waals surface area contributed by atoms with Gasteiger partial charge in [-0.25, -0.2) is 0 Å². The van der Waals surface area contributed by atoms with E-state index in [1.165, 1.54) is 5.00 Å². The van der Waals surface area contributed by atoms with Gasteiger partial charge in [0.2, 0.25) is 5.91 Å². The zero-order chi connectivity index (χ0) is 21.6. The van der Waals surface area contributed by atoms with Crippen LogP contribution in [0.4, 0.5) is 5.00 Å². The first-order valence-corrected chi connectivity index (χ1v) is 11.4. The van der Waals surface area contributed by atoms with E-state index in [1.807, 2.05) is 31.3 Å². The van der Waals surface area contributed by atoms with E-state index in [4.69, 9.17) is 0 Å². The number of amides is 2. The maximum Gasteiger partial charge on any atom is 0.254 e. The van der Waals surface area contributed by atoms with Crippen LogP contribution in [0.5, 0.6) is 0 Å². The Hall–Kier alpha value is -3.07. The smallest absolute Gasteiger partial charge is 0.254 e. The zero-order valence-corrected chi connectivity index (χ0v) is 18.5. The lowest BCUT2D eigenvalue weighted by molar-refractivity contribution is -0.123. The molecule has 0 atom stereocenters. The third-order valence-corrected chi connectivity index (χ3v) is 6.51. The summed E-state index contributed by atoms with van der Waals surface area (Å²) < 4.78 is 0. The summed E-state index contributed by atoms with van der Waals surface area (Å²) in [5, 5.41) is 9.61. The fourth-order valence-corrected chi connectivity index (χ4v) is 4.65.